The van der Waals surface area contributed by atoms with Gasteiger partial charge >= 0.3 is 25.8 Å². The van der Waals surface area contributed by atoms with Crippen molar-refractivity contribution >= 4 is 30.4 Å². The van der Waals surface area contributed by atoms with Crippen LogP contribution < -0.4 is 0 Å². The van der Waals surface area contributed by atoms with Gasteiger partial charge < -0.3 is 13.7 Å². The summed E-state index contributed by atoms with van der Waals surface area (Å²) in [6.07, 6.45) is 0. The zero-order valence-corrected chi connectivity index (χ0v) is 19.9. The zero-order chi connectivity index (χ0) is 22.8. The Morgan fingerprint density at radius 2 is 0.548 bits per heavy atom. The second-order valence-electron chi connectivity index (χ2n) is 5.30. The van der Waals surface area contributed by atoms with E-state index in [1.807, 2.05) is 0 Å². The molecule has 13 heteroatoms. The predicted molar refractivity (Wildman–Crippen MR) is 103 cm³/mol. The van der Waals surface area contributed by atoms with E-state index in [0.717, 1.165) is 0 Å². The maximum atomic E-state index is 10.3. The Morgan fingerprint density at radius 1 is 0.387 bits per heavy atom. The van der Waals surface area contributed by atoms with E-state index in [1.54, 1.807) is 18.2 Å². The molecule has 0 aromatic heterocycles. The van der Waals surface area contributed by atoms with Crippen molar-refractivity contribution in [3.05, 3.63) is 91.0 Å². The van der Waals surface area contributed by atoms with Gasteiger partial charge in [-0.25, -0.2) is 25.3 Å². The summed E-state index contributed by atoms with van der Waals surface area (Å²) in [6.45, 7) is 0. The summed E-state index contributed by atoms with van der Waals surface area (Å²) in [7, 11) is -12.8. The smallest absolute Gasteiger partial charge is 0.744 e. The van der Waals surface area contributed by atoms with Gasteiger partial charge in [0.1, 0.15) is 30.4 Å². The third-order valence-corrected chi connectivity index (χ3v) is 5.64. The monoisotopic (exact) mass is 516 g/mol. The first kappa shape index (κ1) is 29.3. The summed E-state index contributed by atoms with van der Waals surface area (Å²) in [5, 5.41) is 0. The van der Waals surface area contributed by atoms with Gasteiger partial charge in [0.2, 0.25) is 0 Å². The Morgan fingerprint density at radius 3 is 0.645 bits per heavy atom. The van der Waals surface area contributed by atoms with Crippen molar-refractivity contribution in [3.63, 3.8) is 0 Å². The van der Waals surface area contributed by atoms with Gasteiger partial charge in [-0.15, -0.1) is 0 Å². The SMILES string of the molecule is O=S(=O)([O-])c1ccccc1.O=S(=O)([O-])c1ccccc1.O=S(=O)([O-])c1ccccc1.[Sc+3]. The molecule has 162 valence electrons. The van der Waals surface area contributed by atoms with Crippen LogP contribution in [0.3, 0.4) is 0 Å². The van der Waals surface area contributed by atoms with Gasteiger partial charge in [-0.1, -0.05) is 54.6 Å². The van der Waals surface area contributed by atoms with Crippen molar-refractivity contribution in [1.29, 1.82) is 0 Å². The fraction of sp³-hybridized carbons (Fsp3) is 0. The van der Waals surface area contributed by atoms with Gasteiger partial charge in [0.15, 0.2) is 0 Å². The van der Waals surface area contributed by atoms with Crippen molar-refractivity contribution in [2.24, 2.45) is 0 Å². The fourth-order valence-electron chi connectivity index (χ4n) is 1.76. The molecule has 3 rings (SSSR count). The van der Waals surface area contributed by atoms with Crippen LogP contribution in [0, 0.1) is 0 Å². The molecule has 0 atom stereocenters. The van der Waals surface area contributed by atoms with E-state index < -0.39 is 30.4 Å². The molecule has 0 amide bonds. The van der Waals surface area contributed by atoms with E-state index in [4.69, 9.17) is 0 Å². The third-order valence-electron chi connectivity index (χ3n) is 3.10. The maximum absolute atomic E-state index is 10.3. The predicted octanol–water partition coefficient (Wildman–Crippen LogP) is 1.77. The first-order valence-electron chi connectivity index (χ1n) is 7.84. The summed E-state index contributed by atoms with van der Waals surface area (Å²) in [6, 6.07) is 21.6. The Hall–Kier alpha value is -1.74. The summed E-state index contributed by atoms with van der Waals surface area (Å²) < 4.78 is 92.5. The van der Waals surface area contributed by atoms with Crippen molar-refractivity contribution in [3.8, 4) is 0 Å². The molecular weight excluding hydrogens is 501 g/mol. The van der Waals surface area contributed by atoms with Crippen LogP contribution in [0.5, 0.6) is 0 Å². The molecule has 3 aromatic carbocycles. The average Bonchev–Trinajstić information content (AvgIpc) is 2.69. The number of hydrogen-bond donors (Lipinski definition) is 0. The molecule has 9 nitrogen and oxygen atoms in total. The summed E-state index contributed by atoms with van der Waals surface area (Å²) in [5.41, 5.74) is 0. The van der Waals surface area contributed by atoms with Crippen LogP contribution in [0.2, 0.25) is 0 Å². The molecule has 0 N–H and O–H groups in total. The van der Waals surface area contributed by atoms with Gasteiger partial charge in [0, 0.05) is 0 Å². The number of benzene rings is 3. The van der Waals surface area contributed by atoms with Crippen LogP contribution in [0.15, 0.2) is 106 Å². The normalized spacial score (nSPS) is 10.9. The van der Waals surface area contributed by atoms with Crippen LogP contribution in [-0.4, -0.2) is 38.9 Å². The van der Waals surface area contributed by atoms with E-state index >= 15 is 0 Å². The van der Waals surface area contributed by atoms with E-state index in [9.17, 15) is 38.9 Å². The Kier molecular flexibility index (Phi) is 12.2. The van der Waals surface area contributed by atoms with Crippen molar-refractivity contribution in [1.82, 2.24) is 0 Å². The van der Waals surface area contributed by atoms with E-state index in [1.165, 1.54) is 72.8 Å². The molecule has 31 heavy (non-hydrogen) atoms. The van der Waals surface area contributed by atoms with Crippen molar-refractivity contribution in [2.75, 3.05) is 0 Å². The largest absolute Gasteiger partial charge is 3.00 e. The molecule has 0 bridgehead atoms. The summed E-state index contributed by atoms with van der Waals surface area (Å²) in [5.74, 6) is 0. The van der Waals surface area contributed by atoms with Gasteiger partial charge in [-0.3, -0.25) is 0 Å². The molecule has 0 heterocycles. The molecular formula is C18H15O9S3Sc. The van der Waals surface area contributed by atoms with E-state index in [0.29, 0.717) is 0 Å². The van der Waals surface area contributed by atoms with Crippen LogP contribution >= 0.6 is 0 Å². The average molecular weight is 516 g/mol. The Balaban J connectivity index is 0.000000429. The molecule has 0 aliphatic heterocycles. The molecule has 0 aliphatic carbocycles. The van der Waals surface area contributed by atoms with Crippen LogP contribution in [-0.2, 0) is 56.2 Å². The molecule has 0 unspecified atom stereocenters. The summed E-state index contributed by atoms with van der Waals surface area (Å²) in [4.78, 5) is -0.556. The van der Waals surface area contributed by atoms with Crippen molar-refractivity contribution < 1.29 is 64.8 Å². The maximum Gasteiger partial charge on any atom is 3.00 e. The van der Waals surface area contributed by atoms with Gasteiger partial charge in [0.25, 0.3) is 0 Å². The summed E-state index contributed by atoms with van der Waals surface area (Å²) >= 11 is 0. The molecule has 0 saturated heterocycles. The second-order valence-corrected chi connectivity index (χ2v) is 9.44. The molecule has 0 spiro atoms. The van der Waals surface area contributed by atoms with Crippen molar-refractivity contribution in [2.45, 2.75) is 14.7 Å². The number of hydrogen-bond acceptors (Lipinski definition) is 9. The zero-order valence-electron chi connectivity index (χ0n) is 15.6. The van der Waals surface area contributed by atoms with Crippen LogP contribution in [0.25, 0.3) is 0 Å². The van der Waals surface area contributed by atoms with Crippen LogP contribution in [0.1, 0.15) is 0 Å². The van der Waals surface area contributed by atoms with Gasteiger partial charge in [0.05, 0.1) is 14.7 Å². The van der Waals surface area contributed by atoms with E-state index in [-0.39, 0.29) is 40.5 Å². The topological polar surface area (TPSA) is 172 Å². The molecule has 0 saturated carbocycles. The Labute approximate surface area is 199 Å². The molecule has 3 aromatic rings. The number of rotatable bonds is 3. The molecule has 0 radical (unpaired) electrons. The minimum Gasteiger partial charge on any atom is -0.744 e. The fourth-order valence-corrected chi connectivity index (χ4v) is 3.23. The van der Waals surface area contributed by atoms with Crippen LogP contribution in [0.4, 0.5) is 0 Å². The third kappa shape index (κ3) is 12.0. The van der Waals surface area contributed by atoms with Gasteiger partial charge in [-0.2, -0.15) is 0 Å². The second kappa shape index (κ2) is 13.0. The minimum absolute atomic E-state index is 0. The Bertz CT molecular complexity index is 1070. The molecule has 0 fully saturated rings. The minimum atomic E-state index is -4.25. The quantitative estimate of drug-likeness (QED) is 0.470. The standard InChI is InChI=1S/3C6H6O3S.Sc/c3*7-10(8,9)6-4-2-1-3-5-6;/h3*1-5H,(H,7,8,9);/q;;;+3/p-3. The van der Waals surface area contributed by atoms with E-state index in [2.05, 4.69) is 0 Å². The van der Waals surface area contributed by atoms with Gasteiger partial charge in [-0.05, 0) is 36.4 Å². The first-order valence-corrected chi connectivity index (χ1v) is 12.1. The first-order chi connectivity index (χ1) is 13.8. The molecule has 0 aliphatic rings.